The first-order valence-electron chi connectivity index (χ1n) is 11.9. The van der Waals surface area contributed by atoms with E-state index >= 15 is 0 Å². The van der Waals surface area contributed by atoms with Crippen molar-refractivity contribution in [3.8, 4) is 0 Å². The number of halogens is 1. The Kier molecular flexibility index (Phi) is 9.14. The Bertz CT molecular complexity index is 639. The number of unbranched alkanes of at least 4 members (excludes halogenated alkanes) is 3. The molecule has 1 saturated carbocycles. The van der Waals surface area contributed by atoms with Gasteiger partial charge in [0.2, 0.25) is 0 Å². The molecule has 0 aliphatic heterocycles. The van der Waals surface area contributed by atoms with Crippen LogP contribution in [0, 0.1) is 19.7 Å². The van der Waals surface area contributed by atoms with Crippen LogP contribution in [0.15, 0.2) is 12.1 Å². The van der Waals surface area contributed by atoms with Crippen LogP contribution in [0.1, 0.15) is 89.7 Å². The Morgan fingerprint density at radius 3 is 1.76 bits per heavy atom. The summed E-state index contributed by atoms with van der Waals surface area (Å²) in [6, 6.07) is 3.07. The average Bonchev–Trinajstić information content (AvgIpc) is 2.64. The first-order valence-corrected chi connectivity index (χ1v) is 14.6. The fourth-order valence-corrected chi connectivity index (χ4v) is 12.7. The third-order valence-corrected chi connectivity index (χ3v) is 14.1. The number of hydrogen-bond donors (Lipinski definition) is 1. The quantitative estimate of drug-likeness (QED) is 0.347. The molecule has 0 heterocycles. The molecule has 166 valence electrons. The van der Waals surface area contributed by atoms with Gasteiger partial charge in [-0.3, -0.25) is 0 Å². The van der Waals surface area contributed by atoms with Crippen molar-refractivity contribution in [1.82, 2.24) is 0 Å². The first-order chi connectivity index (χ1) is 13.9. The van der Waals surface area contributed by atoms with Gasteiger partial charge in [-0.2, -0.15) is 0 Å². The number of benzene rings is 1. The number of anilines is 1. The summed E-state index contributed by atoms with van der Waals surface area (Å²) >= 11 is 0. The van der Waals surface area contributed by atoms with Crippen molar-refractivity contribution in [2.45, 2.75) is 97.6 Å². The van der Waals surface area contributed by atoms with E-state index in [0.717, 1.165) is 29.7 Å². The van der Waals surface area contributed by atoms with Crippen LogP contribution in [0.5, 0.6) is 0 Å². The molecule has 1 fully saturated rings. The second kappa shape index (κ2) is 10.9. The summed E-state index contributed by atoms with van der Waals surface area (Å²) in [4.78, 5) is 13.9. The van der Waals surface area contributed by atoms with E-state index in [1.807, 2.05) is 13.8 Å². The summed E-state index contributed by atoms with van der Waals surface area (Å²) < 4.78 is 13.8. The number of amides is 1. The molecule has 1 aliphatic carbocycles. The van der Waals surface area contributed by atoms with Gasteiger partial charge in [-0.25, -0.2) is 0 Å². The fraction of sp³-hybridized carbons (Fsp3) is 0.720. The molecule has 0 bridgehead atoms. The van der Waals surface area contributed by atoms with Gasteiger partial charge in [-0.1, -0.05) is 0 Å². The van der Waals surface area contributed by atoms with Crippen molar-refractivity contribution >= 4 is 18.9 Å². The standard InChI is InChI=1S/C25H43FNOP/c1-6-9-15-29(16-10-7-2,17-11-8-3)25(13-12-14-25)24(28)27-23-20(4)18-22(26)19-21(23)5/h18-19,29H,6-17H2,1-5H3,(H,27,28). The number of carbonyl (C=O) groups is 1. The summed E-state index contributed by atoms with van der Waals surface area (Å²) in [7, 11) is -1.77. The van der Waals surface area contributed by atoms with Gasteiger partial charge < -0.3 is 0 Å². The summed E-state index contributed by atoms with van der Waals surface area (Å²) in [5.41, 5.74) is 2.48. The zero-order chi connectivity index (χ0) is 21.5. The second-order valence-electron chi connectivity index (χ2n) is 9.40. The van der Waals surface area contributed by atoms with Gasteiger partial charge in [-0.15, -0.1) is 0 Å². The van der Waals surface area contributed by atoms with Crippen LogP contribution in [0.25, 0.3) is 0 Å². The van der Waals surface area contributed by atoms with Gasteiger partial charge in [0.15, 0.2) is 0 Å². The van der Waals surface area contributed by atoms with E-state index in [2.05, 4.69) is 26.1 Å². The molecule has 1 amide bonds. The van der Waals surface area contributed by atoms with E-state index < -0.39 is 7.26 Å². The van der Waals surface area contributed by atoms with Gasteiger partial charge in [0.25, 0.3) is 0 Å². The maximum atomic E-state index is 13.9. The van der Waals surface area contributed by atoms with Crippen LogP contribution < -0.4 is 5.32 Å². The van der Waals surface area contributed by atoms with Crippen molar-refractivity contribution in [2.75, 3.05) is 23.8 Å². The molecule has 29 heavy (non-hydrogen) atoms. The molecule has 4 heteroatoms. The molecule has 0 aromatic heterocycles. The van der Waals surface area contributed by atoms with Crippen molar-refractivity contribution in [3.05, 3.63) is 29.1 Å². The molecule has 0 saturated heterocycles. The van der Waals surface area contributed by atoms with Crippen LogP contribution in [-0.2, 0) is 4.79 Å². The van der Waals surface area contributed by atoms with Gasteiger partial charge >= 0.3 is 178 Å². The number of rotatable bonds is 12. The van der Waals surface area contributed by atoms with Crippen LogP contribution in [0.4, 0.5) is 10.1 Å². The predicted octanol–water partition coefficient (Wildman–Crippen LogP) is 7.45. The van der Waals surface area contributed by atoms with Gasteiger partial charge in [0, 0.05) is 0 Å². The molecular formula is C25H43FNOP. The van der Waals surface area contributed by atoms with Crippen LogP contribution >= 0.6 is 7.26 Å². The molecule has 1 aromatic carbocycles. The molecule has 0 atom stereocenters. The Morgan fingerprint density at radius 2 is 1.41 bits per heavy atom. The molecule has 0 radical (unpaired) electrons. The van der Waals surface area contributed by atoms with Gasteiger partial charge in [0.1, 0.15) is 0 Å². The van der Waals surface area contributed by atoms with E-state index in [-0.39, 0.29) is 16.9 Å². The minimum atomic E-state index is -1.77. The Morgan fingerprint density at radius 1 is 0.966 bits per heavy atom. The topological polar surface area (TPSA) is 29.1 Å². The molecule has 2 nitrogen and oxygen atoms in total. The summed E-state index contributed by atoms with van der Waals surface area (Å²) in [6.45, 7) is 10.6. The number of nitrogens with one attached hydrogen (secondary N) is 1. The second-order valence-corrected chi connectivity index (χ2v) is 14.4. The van der Waals surface area contributed by atoms with Gasteiger partial charge in [0.05, 0.1) is 0 Å². The Hall–Kier alpha value is -0.950. The van der Waals surface area contributed by atoms with E-state index in [1.54, 1.807) is 0 Å². The predicted molar refractivity (Wildman–Crippen MR) is 129 cm³/mol. The number of carbonyl (C=O) groups excluding carboxylic acids is 1. The van der Waals surface area contributed by atoms with Crippen molar-refractivity contribution in [3.63, 3.8) is 0 Å². The zero-order valence-electron chi connectivity index (χ0n) is 19.4. The van der Waals surface area contributed by atoms with Gasteiger partial charge in [-0.05, 0) is 0 Å². The number of aryl methyl sites for hydroxylation is 2. The van der Waals surface area contributed by atoms with E-state index in [0.29, 0.717) is 0 Å². The first kappa shape index (κ1) is 24.3. The van der Waals surface area contributed by atoms with Crippen molar-refractivity contribution < 1.29 is 9.18 Å². The molecule has 0 unspecified atom stereocenters. The van der Waals surface area contributed by atoms with E-state index in [9.17, 15) is 9.18 Å². The third-order valence-electron chi connectivity index (χ3n) is 7.42. The molecule has 1 aromatic rings. The maximum absolute atomic E-state index is 13.9. The normalized spacial score (nSPS) is 16.3. The summed E-state index contributed by atoms with van der Waals surface area (Å²) in [5, 5.41) is 3.19. The van der Waals surface area contributed by atoms with Crippen molar-refractivity contribution in [1.29, 1.82) is 0 Å². The van der Waals surface area contributed by atoms with Crippen LogP contribution in [-0.4, -0.2) is 29.5 Å². The van der Waals surface area contributed by atoms with Crippen LogP contribution in [0.2, 0.25) is 0 Å². The molecule has 0 spiro atoms. The van der Waals surface area contributed by atoms with Crippen LogP contribution in [0.3, 0.4) is 0 Å². The minimum absolute atomic E-state index is 0.125. The third kappa shape index (κ3) is 5.22. The molecule has 1 aliphatic rings. The number of hydrogen-bond acceptors (Lipinski definition) is 1. The zero-order valence-corrected chi connectivity index (χ0v) is 20.4. The van der Waals surface area contributed by atoms with E-state index in [1.165, 1.54) is 75.6 Å². The van der Waals surface area contributed by atoms with E-state index in [4.69, 9.17) is 0 Å². The SMILES string of the molecule is CCCC[PH](CCCC)(CCCC)C1(C(=O)Nc2c(C)cc(F)cc2C)CCC1. The molecule has 2 rings (SSSR count). The monoisotopic (exact) mass is 423 g/mol. The summed E-state index contributed by atoms with van der Waals surface area (Å²) in [6.07, 6.45) is 14.5. The van der Waals surface area contributed by atoms with Crippen molar-refractivity contribution in [2.24, 2.45) is 0 Å². The molecular weight excluding hydrogens is 380 g/mol. The Labute approximate surface area is 178 Å². The Balaban J connectivity index is 2.40. The fourth-order valence-electron chi connectivity index (χ4n) is 5.51. The molecule has 1 N–H and O–H groups in total. The summed E-state index contributed by atoms with van der Waals surface area (Å²) in [5.74, 6) is 0.0189. The average molecular weight is 424 g/mol.